The summed E-state index contributed by atoms with van der Waals surface area (Å²) in [5, 5.41) is 2.12. The molecule has 0 atom stereocenters. The zero-order valence-electron chi connectivity index (χ0n) is 9.23. The number of aromatic nitrogens is 2. The van der Waals surface area contributed by atoms with Gasteiger partial charge in [-0.2, -0.15) is 0 Å². The maximum Gasteiger partial charge on any atom is 0.147 e. The van der Waals surface area contributed by atoms with Crippen LogP contribution < -0.4 is 4.90 Å². The highest BCUT2D eigenvalue weighted by atomic mass is 79.9. The molecule has 3 nitrogen and oxygen atoms in total. The van der Waals surface area contributed by atoms with E-state index in [0.717, 1.165) is 21.8 Å². The molecule has 0 fully saturated rings. The molecule has 0 bridgehead atoms. The summed E-state index contributed by atoms with van der Waals surface area (Å²) in [6.07, 6.45) is 3.43. The fourth-order valence-electron chi connectivity index (χ4n) is 1.43. The summed E-state index contributed by atoms with van der Waals surface area (Å²) in [5.74, 6) is 1.23. The predicted molar refractivity (Wildman–Crippen MR) is 75.7 cm³/mol. The van der Waals surface area contributed by atoms with Crippen LogP contribution in [0, 0.1) is 0 Å². The minimum Gasteiger partial charge on any atom is -0.354 e. The second-order valence-electron chi connectivity index (χ2n) is 3.62. The number of nitrogens with zero attached hydrogens (tertiary/aromatic N) is 3. The Hall–Kier alpha value is -0.650. The van der Waals surface area contributed by atoms with Crippen molar-refractivity contribution >= 4 is 44.7 Å². The number of alkyl halides is 1. The maximum absolute atomic E-state index is 5.74. The molecule has 2 heterocycles. The minimum atomic E-state index is 0.388. The SMILES string of the molecule is CN(Cc1csc(Br)c1)c1cncc(CCl)n1. The summed E-state index contributed by atoms with van der Waals surface area (Å²) in [4.78, 5) is 10.6. The Bertz CT molecular complexity index is 503. The van der Waals surface area contributed by atoms with Gasteiger partial charge in [0.2, 0.25) is 0 Å². The van der Waals surface area contributed by atoms with Crippen molar-refractivity contribution in [3.63, 3.8) is 0 Å². The summed E-state index contributed by atoms with van der Waals surface area (Å²) in [7, 11) is 1.99. The van der Waals surface area contributed by atoms with E-state index in [9.17, 15) is 0 Å². The van der Waals surface area contributed by atoms with Crippen molar-refractivity contribution < 1.29 is 0 Å². The van der Waals surface area contributed by atoms with E-state index in [4.69, 9.17) is 11.6 Å². The van der Waals surface area contributed by atoms with Crippen LogP contribution in [0.25, 0.3) is 0 Å². The van der Waals surface area contributed by atoms with Crippen LogP contribution in [0.3, 0.4) is 0 Å². The highest BCUT2D eigenvalue weighted by Crippen LogP contribution is 2.22. The third-order valence-corrected chi connectivity index (χ3v) is 4.07. The Morgan fingerprint density at radius 3 is 2.94 bits per heavy atom. The van der Waals surface area contributed by atoms with E-state index in [1.54, 1.807) is 23.7 Å². The van der Waals surface area contributed by atoms with E-state index in [0.29, 0.717) is 5.88 Å². The highest BCUT2D eigenvalue weighted by molar-refractivity contribution is 9.11. The van der Waals surface area contributed by atoms with Crippen LogP contribution in [-0.4, -0.2) is 17.0 Å². The lowest BCUT2D eigenvalue weighted by molar-refractivity contribution is 0.883. The molecule has 0 N–H and O–H groups in total. The molecule has 0 aliphatic carbocycles. The molecule has 6 heteroatoms. The number of halogens is 2. The zero-order chi connectivity index (χ0) is 12.3. The lowest BCUT2D eigenvalue weighted by Crippen LogP contribution is -2.17. The second-order valence-corrected chi connectivity index (χ2v) is 6.18. The van der Waals surface area contributed by atoms with Crippen molar-refractivity contribution in [1.29, 1.82) is 0 Å². The van der Waals surface area contributed by atoms with Crippen LogP contribution in [0.4, 0.5) is 5.82 Å². The van der Waals surface area contributed by atoms with E-state index >= 15 is 0 Å². The number of hydrogen-bond acceptors (Lipinski definition) is 4. The summed E-state index contributed by atoms with van der Waals surface area (Å²) < 4.78 is 1.14. The average Bonchev–Trinajstić information content (AvgIpc) is 2.75. The molecular weight excluding hydrogens is 322 g/mol. The van der Waals surface area contributed by atoms with Gasteiger partial charge < -0.3 is 4.90 Å². The lowest BCUT2D eigenvalue weighted by Gasteiger charge is -2.17. The molecule has 0 aliphatic rings. The molecule has 0 aromatic carbocycles. The van der Waals surface area contributed by atoms with Crippen molar-refractivity contribution in [2.24, 2.45) is 0 Å². The third-order valence-electron chi connectivity index (χ3n) is 2.24. The Kier molecular flexibility index (Phi) is 4.36. The Morgan fingerprint density at radius 2 is 2.29 bits per heavy atom. The molecule has 2 aromatic heterocycles. The lowest BCUT2D eigenvalue weighted by atomic mass is 10.3. The van der Waals surface area contributed by atoms with Crippen molar-refractivity contribution in [1.82, 2.24) is 9.97 Å². The van der Waals surface area contributed by atoms with Crippen molar-refractivity contribution in [3.05, 3.63) is 38.9 Å². The van der Waals surface area contributed by atoms with Gasteiger partial charge in [-0.1, -0.05) is 0 Å². The van der Waals surface area contributed by atoms with Gasteiger partial charge in [-0.3, -0.25) is 4.98 Å². The minimum absolute atomic E-state index is 0.388. The number of anilines is 1. The van der Waals surface area contributed by atoms with Crippen LogP contribution in [0.2, 0.25) is 0 Å². The predicted octanol–water partition coefficient (Wildman–Crippen LogP) is 3.68. The van der Waals surface area contributed by atoms with Crippen LogP contribution in [0.1, 0.15) is 11.3 Å². The van der Waals surface area contributed by atoms with Crippen molar-refractivity contribution in [3.8, 4) is 0 Å². The van der Waals surface area contributed by atoms with E-state index < -0.39 is 0 Å². The highest BCUT2D eigenvalue weighted by Gasteiger charge is 2.06. The van der Waals surface area contributed by atoms with Crippen LogP contribution in [0.5, 0.6) is 0 Å². The van der Waals surface area contributed by atoms with Gasteiger partial charge in [0.1, 0.15) is 5.82 Å². The molecular formula is C11H11BrClN3S. The summed E-state index contributed by atoms with van der Waals surface area (Å²) in [6, 6.07) is 2.11. The van der Waals surface area contributed by atoms with Crippen molar-refractivity contribution in [2.45, 2.75) is 12.4 Å². The van der Waals surface area contributed by atoms with Gasteiger partial charge in [0.05, 0.1) is 21.6 Å². The smallest absolute Gasteiger partial charge is 0.147 e. The first kappa shape index (κ1) is 12.8. The van der Waals surface area contributed by atoms with Gasteiger partial charge in [-0.15, -0.1) is 22.9 Å². The largest absolute Gasteiger partial charge is 0.354 e. The van der Waals surface area contributed by atoms with Gasteiger partial charge in [-0.25, -0.2) is 4.98 Å². The van der Waals surface area contributed by atoms with Gasteiger partial charge in [0, 0.05) is 19.8 Å². The standard InChI is InChI=1S/C11H11BrClN3S/c1-16(6-8-2-10(12)17-7-8)11-5-14-4-9(3-13)15-11/h2,4-5,7H,3,6H2,1H3. The second kappa shape index (κ2) is 5.80. The Balaban J connectivity index is 2.11. The zero-order valence-corrected chi connectivity index (χ0v) is 12.4. The van der Waals surface area contributed by atoms with Gasteiger partial charge in [0.25, 0.3) is 0 Å². The molecule has 0 spiro atoms. The first-order valence-corrected chi connectivity index (χ1v) is 7.20. The molecule has 0 amide bonds. The Labute approximate surface area is 118 Å². The van der Waals surface area contributed by atoms with Gasteiger partial charge in [0.15, 0.2) is 0 Å². The number of rotatable bonds is 4. The topological polar surface area (TPSA) is 29.0 Å². The van der Waals surface area contributed by atoms with E-state index in [-0.39, 0.29) is 0 Å². The van der Waals surface area contributed by atoms with Crippen molar-refractivity contribution in [2.75, 3.05) is 11.9 Å². The fourth-order valence-corrected chi connectivity index (χ4v) is 2.76. The van der Waals surface area contributed by atoms with Crippen LogP contribution in [-0.2, 0) is 12.4 Å². The first-order chi connectivity index (χ1) is 8.19. The fraction of sp³-hybridized carbons (Fsp3) is 0.273. The van der Waals surface area contributed by atoms with Gasteiger partial charge in [-0.05, 0) is 32.9 Å². The molecule has 17 heavy (non-hydrogen) atoms. The summed E-state index contributed by atoms with van der Waals surface area (Å²) in [5.41, 5.74) is 2.05. The normalized spacial score (nSPS) is 10.5. The van der Waals surface area contributed by atoms with Crippen LogP contribution in [0.15, 0.2) is 27.6 Å². The van der Waals surface area contributed by atoms with E-state index in [1.807, 2.05) is 7.05 Å². The first-order valence-electron chi connectivity index (χ1n) is 5.00. The molecule has 2 rings (SSSR count). The third kappa shape index (κ3) is 3.40. The molecule has 0 saturated heterocycles. The summed E-state index contributed by atoms with van der Waals surface area (Å²) >= 11 is 10.9. The average molecular weight is 333 g/mol. The maximum atomic E-state index is 5.74. The molecule has 0 unspecified atom stereocenters. The van der Waals surface area contributed by atoms with E-state index in [1.165, 1.54) is 5.56 Å². The van der Waals surface area contributed by atoms with Gasteiger partial charge >= 0.3 is 0 Å². The van der Waals surface area contributed by atoms with E-state index in [2.05, 4.69) is 42.2 Å². The molecule has 0 saturated carbocycles. The number of thiophene rings is 1. The molecule has 0 aliphatic heterocycles. The number of hydrogen-bond donors (Lipinski definition) is 0. The molecule has 2 aromatic rings. The molecule has 0 radical (unpaired) electrons. The monoisotopic (exact) mass is 331 g/mol. The molecule has 90 valence electrons. The van der Waals surface area contributed by atoms with Crippen LogP contribution >= 0.6 is 38.9 Å². The quantitative estimate of drug-likeness (QED) is 0.800. The summed E-state index contributed by atoms with van der Waals surface area (Å²) in [6.45, 7) is 0.808. The Morgan fingerprint density at radius 1 is 1.47 bits per heavy atom.